The van der Waals surface area contributed by atoms with Gasteiger partial charge in [-0.1, -0.05) is 30.3 Å². The Morgan fingerprint density at radius 3 is 2.23 bits per heavy atom. The van der Waals surface area contributed by atoms with Gasteiger partial charge in [0.1, 0.15) is 0 Å². The summed E-state index contributed by atoms with van der Waals surface area (Å²) in [5.74, 6) is -1.81. The molecule has 0 unspecified atom stereocenters. The van der Waals surface area contributed by atoms with E-state index in [0.717, 1.165) is 16.8 Å². The van der Waals surface area contributed by atoms with E-state index >= 15 is 0 Å². The molecule has 114 valence electrons. The molecule has 0 aliphatic heterocycles. The second-order valence-electron chi connectivity index (χ2n) is 5.06. The number of carboxylic acids is 2. The topological polar surface area (TPSA) is 77.8 Å². The Balaban J connectivity index is 2.14. The van der Waals surface area contributed by atoms with Crippen molar-refractivity contribution in [2.24, 2.45) is 0 Å². The first-order valence-corrected chi connectivity index (χ1v) is 6.80. The van der Waals surface area contributed by atoms with E-state index in [9.17, 15) is 14.7 Å². The molecule has 5 nitrogen and oxygen atoms in total. The summed E-state index contributed by atoms with van der Waals surface area (Å²) in [7, 11) is 1.87. The Bertz CT molecular complexity index is 679. The third kappa shape index (κ3) is 3.85. The molecule has 0 atom stereocenters. The van der Waals surface area contributed by atoms with Crippen molar-refractivity contribution in [2.75, 3.05) is 11.9 Å². The number of aromatic carboxylic acids is 1. The first kappa shape index (κ1) is 15.6. The number of aliphatic carboxylic acids is 1. The van der Waals surface area contributed by atoms with Crippen molar-refractivity contribution in [3.63, 3.8) is 0 Å². The lowest BCUT2D eigenvalue weighted by molar-refractivity contribution is -0.136. The molecule has 0 bridgehead atoms. The molecule has 22 heavy (non-hydrogen) atoms. The number of benzene rings is 2. The molecule has 0 fully saturated rings. The van der Waals surface area contributed by atoms with Crippen LogP contribution in [0.4, 0.5) is 5.69 Å². The Hall–Kier alpha value is -2.82. The Kier molecular flexibility index (Phi) is 4.78. The molecule has 5 heteroatoms. The van der Waals surface area contributed by atoms with E-state index in [2.05, 4.69) is 0 Å². The fourth-order valence-electron chi connectivity index (χ4n) is 2.26. The molecule has 2 N–H and O–H groups in total. The second kappa shape index (κ2) is 6.76. The zero-order valence-corrected chi connectivity index (χ0v) is 12.2. The van der Waals surface area contributed by atoms with Crippen molar-refractivity contribution >= 4 is 17.6 Å². The number of anilines is 1. The molecule has 0 aliphatic carbocycles. The number of hydrogen-bond acceptors (Lipinski definition) is 3. The lowest BCUT2D eigenvalue weighted by atomic mass is 10.1. The molecule has 0 aromatic heterocycles. The third-order valence-electron chi connectivity index (χ3n) is 3.39. The number of rotatable bonds is 6. The Labute approximate surface area is 128 Å². The maximum absolute atomic E-state index is 11.2. The number of carbonyl (C=O) groups is 2. The minimum absolute atomic E-state index is 0.00809. The highest BCUT2D eigenvalue weighted by Crippen LogP contribution is 2.18. The van der Waals surface area contributed by atoms with Gasteiger partial charge in [0.25, 0.3) is 0 Å². The molecule has 0 amide bonds. The number of carboxylic acid groups (broad SMARTS) is 2. The first-order chi connectivity index (χ1) is 10.5. The summed E-state index contributed by atoms with van der Waals surface area (Å²) in [6, 6.07) is 14.1. The van der Waals surface area contributed by atoms with E-state index in [-0.39, 0.29) is 12.0 Å². The highest BCUT2D eigenvalue weighted by atomic mass is 16.4. The van der Waals surface area contributed by atoms with Gasteiger partial charge in [-0.25, -0.2) is 4.79 Å². The molecule has 2 aromatic carbocycles. The van der Waals surface area contributed by atoms with Gasteiger partial charge in [-0.05, 0) is 29.3 Å². The van der Waals surface area contributed by atoms with Crippen LogP contribution in [-0.4, -0.2) is 29.2 Å². The fraction of sp³-hybridized carbons (Fsp3) is 0.176. The van der Waals surface area contributed by atoms with E-state index in [1.54, 1.807) is 30.3 Å². The summed E-state index contributed by atoms with van der Waals surface area (Å²) in [6.07, 6.45) is -0.00809. The second-order valence-corrected chi connectivity index (χ2v) is 5.06. The van der Waals surface area contributed by atoms with E-state index in [0.29, 0.717) is 6.54 Å². The maximum Gasteiger partial charge on any atom is 0.336 e. The molecule has 0 spiro atoms. The van der Waals surface area contributed by atoms with Crippen LogP contribution in [0.15, 0.2) is 48.5 Å². The van der Waals surface area contributed by atoms with Gasteiger partial charge in [-0.3, -0.25) is 4.79 Å². The summed E-state index contributed by atoms with van der Waals surface area (Å²) in [5, 5.41) is 18.0. The van der Waals surface area contributed by atoms with Gasteiger partial charge < -0.3 is 15.1 Å². The van der Waals surface area contributed by atoms with Crippen LogP contribution in [0.3, 0.4) is 0 Å². The fourth-order valence-corrected chi connectivity index (χ4v) is 2.26. The van der Waals surface area contributed by atoms with Crippen LogP contribution in [0.1, 0.15) is 21.5 Å². The van der Waals surface area contributed by atoms with Gasteiger partial charge in [0.2, 0.25) is 0 Å². The van der Waals surface area contributed by atoms with Crippen LogP contribution in [0.25, 0.3) is 0 Å². The van der Waals surface area contributed by atoms with Gasteiger partial charge in [-0.2, -0.15) is 0 Å². The lowest BCUT2D eigenvalue weighted by Gasteiger charge is -2.20. The predicted molar refractivity (Wildman–Crippen MR) is 83.3 cm³/mol. The van der Waals surface area contributed by atoms with Crippen molar-refractivity contribution in [2.45, 2.75) is 13.0 Å². The zero-order chi connectivity index (χ0) is 16.1. The van der Waals surface area contributed by atoms with Gasteiger partial charge in [0.15, 0.2) is 0 Å². The summed E-state index contributed by atoms with van der Waals surface area (Å²) >= 11 is 0. The quantitative estimate of drug-likeness (QED) is 0.857. The minimum Gasteiger partial charge on any atom is -0.481 e. The number of nitrogens with zero attached hydrogens (tertiary/aromatic N) is 1. The standard InChI is InChI=1S/C17H17NO4/c1-18(11-13-4-2-3-5-15(13)17(21)22)14-8-6-12(7-9-14)10-16(19)20/h2-9H,10-11H2,1H3,(H,19,20)(H,21,22). The van der Waals surface area contributed by atoms with Crippen LogP contribution >= 0.6 is 0 Å². The van der Waals surface area contributed by atoms with Crippen molar-refractivity contribution in [1.82, 2.24) is 0 Å². The van der Waals surface area contributed by atoms with Crippen molar-refractivity contribution in [3.8, 4) is 0 Å². The van der Waals surface area contributed by atoms with Crippen LogP contribution in [0.2, 0.25) is 0 Å². The lowest BCUT2D eigenvalue weighted by Crippen LogP contribution is -2.18. The molecule has 0 saturated carbocycles. The minimum atomic E-state index is -0.944. The van der Waals surface area contributed by atoms with Crippen LogP contribution in [0, 0.1) is 0 Å². The van der Waals surface area contributed by atoms with Gasteiger partial charge in [-0.15, -0.1) is 0 Å². The average Bonchev–Trinajstić information content (AvgIpc) is 2.47. The molecule has 0 heterocycles. The molecule has 0 radical (unpaired) electrons. The predicted octanol–water partition coefficient (Wildman–Crippen LogP) is 2.65. The summed E-state index contributed by atoms with van der Waals surface area (Å²) in [5.41, 5.74) is 2.65. The van der Waals surface area contributed by atoms with Crippen molar-refractivity contribution < 1.29 is 19.8 Å². The monoisotopic (exact) mass is 299 g/mol. The van der Waals surface area contributed by atoms with Gasteiger partial charge >= 0.3 is 11.9 Å². The summed E-state index contributed by atoms with van der Waals surface area (Å²) in [6.45, 7) is 0.459. The van der Waals surface area contributed by atoms with E-state index < -0.39 is 11.9 Å². The molecule has 0 saturated heterocycles. The molecular weight excluding hydrogens is 282 g/mol. The zero-order valence-electron chi connectivity index (χ0n) is 12.2. The maximum atomic E-state index is 11.2. The highest BCUT2D eigenvalue weighted by Gasteiger charge is 2.11. The SMILES string of the molecule is CN(Cc1ccccc1C(=O)O)c1ccc(CC(=O)O)cc1. The average molecular weight is 299 g/mol. The molecule has 2 rings (SSSR count). The summed E-state index contributed by atoms with van der Waals surface area (Å²) in [4.78, 5) is 23.8. The van der Waals surface area contributed by atoms with Gasteiger partial charge in [0.05, 0.1) is 12.0 Å². The number of hydrogen-bond donors (Lipinski definition) is 2. The van der Waals surface area contributed by atoms with Crippen molar-refractivity contribution in [1.29, 1.82) is 0 Å². The largest absolute Gasteiger partial charge is 0.481 e. The molecule has 2 aromatic rings. The molecule has 0 aliphatic rings. The van der Waals surface area contributed by atoms with Crippen LogP contribution in [0.5, 0.6) is 0 Å². The van der Waals surface area contributed by atoms with Crippen LogP contribution in [-0.2, 0) is 17.8 Å². The third-order valence-corrected chi connectivity index (χ3v) is 3.39. The normalized spacial score (nSPS) is 10.2. The highest BCUT2D eigenvalue weighted by molar-refractivity contribution is 5.89. The first-order valence-electron chi connectivity index (χ1n) is 6.80. The van der Waals surface area contributed by atoms with E-state index in [1.807, 2.05) is 30.1 Å². The Morgan fingerprint density at radius 1 is 1.00 bits per heavy atom. The van der Waals surface area contributed by atoms with E-state index in [4.69, 9.17) is 5.11 Å². The van der Waals surface area contributed by atoms with Crippen LogP contribution < -0.4 is 4.90 Å². The van der Waals surface area contributed by atoms with Crippen molar-refractivity contribution in [3.05, 3.63) is 65.2 Å². The molecular formula is C17H17NO4. The van der Waals surface area contributed by atoms with Gasteiger partial charge in [0, 0.05) is 19.3 Å². The summed E-state index contributed by atoms with van der Waals surface area (Å²) < 4.78 is 0. The smallest absolute Gasteiger partial charge is 0.336 e. The Morgan fingerprint density at radius 2 is 1.64 bits per heavy atom. The van der Waals surface area contributed by atoms with E-state index in [1.165, 1.54) is 0 Å².